The van der Waals surface area contributed by atoms with E-state index in [9.17, 15) is 9.59 Å². The molecule has 0 spiro atoms. The lowest BCUT2D eigenvalue weighted by atomic mass is 9.65. The largest absolute Gasteiger partial charge is 0.235 e. The van der Waals surface area contributed by atoms with Crippen molar-refractivity contribution in [1.29, 1.82) is 0 Å². The minimum absolute atomic E-state index is 0.129. The van der Waals surface area contributed by atoms with E-state index in [4.69, 9.17) is 0 Å². The zero-order chi connectivity index (χ0) is 9.97. The Balaban J connectivity index is 2.11. The zero-order valence-corrected chi connectivity index (χ0v) is 7.85. The quantitative estimate of drug-likeness (QED) is 0.487. The van der Waals surface area contributed by atoms with Crippen LogP contribution >= 0.6 is 0 Å². The van der Waals surface area contributed by atoms with Gasteiger partial charge in [0.25, 0.3) is 0 Å². The second-order valence-electron chi connectivity index (χ2n) is 4.14. The maximum atomic E-state index is 10.2. The molecule has 0 aromatic carbocycles. The molecule has 74 valence electrons. The molecule has 0 saturated heterocycles. The molecule has 3 fully saturated rings. The molecule has 0 aromatic heterocycles. The molecular formula is C10H12N2O2. The molecule has 3 saturated carbocycles. The van der Waals surface area contributed by atoms with Gasteiger partial charge in [0.15, 0.2) is 0 Å². The van der Waals surface area contributed by atoms with Gasteiger partial charge >= 0.3 is 0 Å². The van der Waals surface area contributed by atoms with Crippen molar-refractivity contribution in [3.8, 4) is 0 Å². The molecule has 3 rings (SSSR count). The van der Waals surface area contributed by atoms with E-state index in [0.717, 1.165) is 25.7 Å². The summed E-state index contributed by atoms with van der Waals surface area (Å²) in [6.07, 6.45) is 7.25. The van der Waals surface area contributed by atoms with Crippen LogP contribution in [0.4, 0.5) is 0 Å². The minimum Gasteiger partial charge on any atom is -0.211 e. The average molecular weight is 192 g/mol. The van der Waals surface area contributed by atoms with Crippen LogP contribution in [0.15, 0.2) is 9.98 Å². The van der Waals surface area contributed by atoms with Crippen molar-refractivity contribution in [2.45, 2.75) is 37.8 Å². The summed E-state index contributed by atoms with van der Waals surface area (Å²) in [6.45, 7) is 0. The molecule has 3 aliphatic rings. The topological polar surface area (TPSA) is 58.9 Å². The van der Waals surface area contributed by atoms with E-state index in [2.05, 4.69) is 9.98 Å². The minimum atomic E-state index is 0.129. The SMILES string of the molecule is O=C=N[C@H]1C[C@@H]2CC[C@H]1C[C@@H]2N=C=O. The first kappa shape index (κ1) is 9.32. The molecule has 4 atom stereocenters. The van der Waals surface area contributed by atoms with E-state index in [0.29, 0.717) is 11.8 Å². The maximum absolute atomic E-state index is 10.2. The van der Waals surface area contributed by atoms with E-state index in [-0.39, 0.29) is 12.1 Å². The second kappa shape index (κ2) is 3.87. The number of isocyanates is 2. The fraction of sp³-hybridized carbons (Fsp3) is 0.800. The molecule has 0 unspecified atom stereocenters. The lowest BCUT2D eigenvalue weighted by Crippen LogP contribution is -2.42. The van der Waals surface area contributed by atoms with Gasteiger partial charge < -0.3 is 0 Å². The van der Waals surface area contributed by atoms with Crippen molar-refractivity contribution in [2.75, 3.05) is 0 Å². The Bertz CT molecular complexity index is 284. The summed E-state index contributed by atoms with van der Waals surface area (Å²) in [6, 6.07) is 0.258. The molecule has 0 heterocycles. The smallest absolute Gasteiger partial charge is 0.211 e. The Kier molecular flexibility index (Phi) is 2.58. The Morgan fingerprint density at radius 2 is 1.29 bits per heavy atom. The Labute approximate surface area is 82.1 Å². The summed E-state index contributed by atoms with van der Waals surface area (Å²) in [5.74, 6) is 0.840. The monoisotopic (exact) mass is 192 g/mol. The standard InChI is InChI=1S/C10H12N2O2/c13-5-11-9-4-8-2-1-7(9)3-10(8)12-6-14/h7-10H,1-4H2/t7-,8-,9-,10-/m0/s1. The van der Waals surface area contributed by atoms with Crippen LogP contribution in [0.1, 0.15) is 25.7 Å². The van der Waals surface area contributed by atoms with Crippen LogP contribution in [-0.4, -0.2) is 24.2 Å². The summed E-state index contributed by atoms with van der Waals surface area (Å²) in [7, 11) is 0. The van der Waals surface area contributed by atoms with Gasteiger partial charge in [-0.2, -0.15) is 0 Å². The summed E-state index contributed by atoms with van der Waals surface area (Å²) in [5, 5.41) is 0. The van der Waals surface area contributed by atoms with E-state index < -0.39 is 0 Å². The van der Waals surface area contributed by atoms with Gasteiger partial charge in [-0.05, 0) is 37.5 Å². The highest BCUT2D eigenvalue weighted by Gasteiger charge is 2.41. The Morgan fingerprint density at radius 3 is 1.57 bits per heavy atom. The van der Waals surface area contributed by atoms with Crippen molar-refractivity contribution >= 4 is 12.2 Å². The van der Waals surface area contributed by atoms with Crippen LogP contribution < -0.4 is 0 Å². The number of hydrogen-bond donors (Lipinski definition) is 0. The third-order valence-corrected chi connectivity index (χ3v) is 3.52. The average Bonchev–Trinajstić information content (AvgIpc) is 2.21. The van der Waals surface area contributed by atoms with Crippen molar-refractivity contribution in [3.05, 3.63) is 0 Å². The van der Waals surface area contributed by atoms with E-state index in [1.807, 2.05) is 0 Å². The predicted octanol–water partition coefficient (Wildman–Crippen LogP) is 1.22. The first-order chi connectivity index (χ1) is 6.85. The molecule has 0 aliphatic heterocycles. The summed E-state index contributed by atoms with van der Waals surface area (Å²) in [5.41, 5.74) is 0. The van der Waals surface area contributed by atoms with Crippen LogP contribution in [0.3, 0.4) is 0 Å². The van der Waals surface area contributed by atoms with Gasteiger partial charge in [-0.3, -0.25) is 0 Å². The molecule has 0 N–H and O–H groups in total. The summed E-state index contributed by atoms with van der Waals surface area (Å²) >= 11 is 0. The van der Waals surface area contributed by atoms with Crippen molar-refractivity contribution < 1.29 is 9.59 Å². The van der Waals surface area contributed by atoms with Crippen LogP contribution in [0.25, 0.3) is 0 Å². The number of nitrogens with zero attached hydrogens (tertiary/aromatic N) is 2. The first-order valence-corrected chi connectivity index (χ1v) is 4.99. The molecule has 0 radical (unpaired) electrons. The molecular weight excluding hydrogens is 180 g/mol. The molecule has 14 heavy (non-hydrogen) atoms. The van der Waals surface area contributed by atoms with Crippen molar-refractivity contribution in [3.63, 3.8) is 0 Å². The number of carbonyl (C=O) groups excluding carboxylic acids is 2. The van der Waals surface area contributed by atoms with E-state index >= 15 is 0 Å². The number of fused-ring (bicyclic) bond motifs is 3. The number of hydrogen-bond acceptors (Lipinski definition) is 4. The van der Waals surface area contributed by atoms with Gasteiger partial charge in [-0.25, -0.2) is 19.6 Å². The van der Waals surface area contributed by atoms with Gasteiger partial charge in [0.2, 0.25) is 12.2 Å². The van der Waals surface area contributed by atoms with Crippen LogP contribution in [-0.2, 0) is 9.59 Å². The van der Waals surface area contributed by atoms with Gasteiger partial charge in [0, 0.05) is 0 Å². The molecule has 0 aromatic rings. The molecule has 4 nitrogen and oxygen atoms in total. The highest BCUT2D eigenvalue weighted by atomic mass is 16.1. The van der Waals surface area contributed by atoms with Crippen molar-refractivity contribution in [2.24, 2.45) is 21.8 Å². The van der Waals surface area contributed by atoms with Crippen LogP contribution in [0.2, 0.25) is 0 Å². The number of rotatable bonds is 2. The molecule has 0 amide bonds. The predicted molar refractivity (Wildman–Crippen MR) is 49.3 cm³/mol. The Morgan fingerprint density at radius 1 is 0.857 bits per heavy atom. The zero-order valence-electron chi connectivity index (χ0n) is 7.85. The summed E-state index contributed by atoms with van der Waals surface area (Å²) in [4.78, 5) is 28.0. The highest BCUT2D eigenvalue weighted by Crippen LogP contribution is 2.43. The van der Waals surface area contributed by atoms with Gasteiger partial charge in [-0.1, -0.05) is 0 Å². The maximum Gasteiger partial charge on any atom is 0.235 e. The van der Waals surface area contributed by atoms with Gasteiger partial charge in [-0.15, -0.1) is 0 Å². The Hall–Kier alpha value is -1.24. The van der Waals surface area contributed by atoms with E-state index in [1.165, 1.54) is 0 Å². The fourth-order valence-corrected chi connectivity index (χ4v) is 2.82. The van der Waals surface area contributed by atoms with Gasteiger partial charge in [0.05, 0.1) is 12.1 Å². The first-order valence-electron chi connectivity index (χ1n) is 4.99. The molecule has 3 aliphatic carbocycles. The third kappa shape index (κ3) is 1.54. The third-order valence-electron chi connectivity index (χ3n) is 3.52. The number of aliphatic imine (C=N–C) groups is 2. The molecule has 2 bridgehead atoms. The fourth-order valence-electron chi connectivity index (χ4n) is 2.82. The lowest BCUT2D eigenvalue weighted by Gasteiger charge is -2.43. The summed E-state index contributed by atoms with van der Waals surface area (Å²) < 4.78 is 0. The van der Waals surface area contributed by atoms with Gasteiger partial charge in [0.1, 0.15) is 0 Å². The van der Waals surface area contributed by atoms with Crippen LogP contribution in [0.5, 0.6) is 0 Å². The van der Waals surface area contributed by atoms with Crippen molar-refractivity contribution in [1.82, 2.24) is 0 Å². The normalized spacial score (nSPS) is 39.7. The second-order valence-corrected chi connectivity index (χ2v) is 4.14. The molecule has 4 heteroatoms. The van der Waals surface area contributed by atoms with Crippen LogP contribution in [0, 0.1) is 11.8 Å². The lowest BCUT2D eigenvalue weighted by molar-refractivity contribution is 0.124. The van der Waals surface area contributed by atoms with E-state index in [1.54, 1.807) is 12.2 Å². The highest BCUT2D eigenvalue weighted by molar-refractivity contribution is 5.35.